The first-order chi connectivity index (χ1) is 11.6. The molecule has 1 unspecified atom stereocenters. The van der Waals surface area contributed by atoms with Crippen molar-refractivity contribution in [2.75, 3.05) is 19.6 Å². The Hall–Kier alpha value is -1.98. The summed E-state index contributed by atoms with van der Waals surface area (Å²) in [4.78, 5) is 6.54. The van der Waals surface area contributed by atoms with Crippen LogP contribution < -0.4 is 0 Å². The highest BCUT2D eigenvalue weighted by Crippen LogP contribution is 2.25. The van der Waals surface area contributed by atoms with Gasteiger partial charge in [0.1, 0.15) is 0 Å². The van der Waals surface area contributed by atoms with Crippen LogP contribution in [0.25, 0.3) is 6.08 Å². The van der Waals surface area contributed by atoms with E-state index in [2.05, 4.69) is 39.3 Å². The highest BCUT2D eigenvalue weighted by atomic mass is 16.5. The van der Waals surface area contributed by atoms with Gasteiger partial charge in [0.15, 0.2) is 5.82 Å². The number of hydrogen-bond donors (Lipinski definition) is 1. The van der Waals surface area contributed by atoms with E-state index in [9.17, 15) is 5.11 Å². The summed E-state index contributed by atoms with van der Waals surface area (Å²) in [5.74, 6) is 1.15. The molecule has 1 saturated heterocycles. The van der Waals surface area contributed by atoms with Gasteiger partial charge in [-0.15, -0.1) is 0 Å². The number of piperidine rings is 1. The lowest BCUT2D eigenvalue weighted by atomic mass is 9.89. The average molecular weight is 327 g/mol. The molecule has 3 rings (SSSR count). The van der Waals surface area contributed by atoms with Crippen LogP contribution in [0.2, 0.25) is 0 Å². The summed E-state index contributed by atoms with van der Waals surface area (Å²) in [6, 6.07) is 10.3. The summed E-state index contributed by atoms with van der Waals surface area (Å²) in [6.07, 6.45) is 7.54. The van der Waals surface area contributed by atoms with Crippen molar-refractivity contribution in [1.29, 1.82) is 0 Å². The molecule has 0 spiro atoms. The van der Waals surface area contributed by atoms with Crippen LogP contribution in [-0.2, 0) is 6.42 Å². The Bertz CT molecular complexity index is 668. The molecular formula is C19H25N3O2. The van der Waals surface area contributed by atoms with Crippen LogP contribution in [0.15, 0.2) is 40.9 Å². The van der Waals surface area contributed by atoms with Gasteiger partial charge < -0.3 is 14.5 Å². The van der Waals surface area contributed by atoms with Crippen molar-refractivity contribution in [2.24, 2.45) is 0 Å². The molecule has 24 heavy (non-hydrogen) atoms. The molecule has 1 N–H and O–H groups in total. The quantitative estimate of drug-likeness (QED) is 0.884. The third-order valence-corrected chi connectivity index (χ3v) is 4.41. The Labute approximate surface area is 143 Å². The molecular weight excluding hydrogens is 302 g/mol. The zero-order chi connectivity index (χ0) is 16.8. The highest BCUT2D eigenvalue weighted by molar-refractivity contribution is 5.48. The van der Waals surface area contributed by atoms with Crippen LogP contribution >= 0.6 is 0 Å². The van der Waals surface area contributed by atoms with E-state index in [4.69, 9.17) is 4.52 Å². The molecule has 1 aliphatic rings. The van der Waals surface area contributed by atoms with Gasteiger partial charge in [-0.05, 0) is 38.3 Å². The van der Waals surface area contributed by atoms with Gasteiger partial charge >= 0.3 is 0 Å². The molecule has 0 aliphatic carbocycles. The van der Waals surface area contributed by atoms with Gasteiger partial charge in [-0.2, -0.15) is 4.98 Å². The van der Waals surface area contributed by atoms with Gasteiger partial charge in [0.25, 0.3) is 0 Å². The number of aromatic nitrogens is 2. The van der Waals surface area contributed by atoms with Crippen LogP contribution in [-0.4, -0.2) is 45.4 Å². The zero-order valence-corrected chi connectivity index (χ0v) is 14.2. The summed E-state index contributed by atoms with van der Waals surface area (Å²) >= 11 is 0. The molecule has 5 nitrogen and oxygen atoms in total. The molecule has 0 amide bonds. The highest BCUT2D eigenvalue weighted by Gasteiger charge is 2.34. The normalized spacial score (nSPS) is 22.2. The van der Waals surface area contributed by atoms with E-state index in [0.717, 1.165) is 32.4 Å². The molecule has 2 aromatic rings. The van der Waals surface area contributed by atoms with Gasteiger partial charge in [-0.3, -0.25) is 0 Å². The van der Waals surface area contributed by atoms with E-state index in [1.54, 1.807) is 6.92 Å². The second-order valence-electron chi connectivity index (χ2n) is 6.62. The van der Waals surface area contributed by atoms with Crippen molar-refractivity contribution in [3.05, 3.63) is 53.7 Å². The number of rotatable bonds is 6. The largest absolute Gasteiger partial charge is 0.388 e. The van der Waals surface area contributed by atoms with Crippen molar-refractivity contribution < 1.29 is 9.63 Å². The maximum absolute atomic E-state index is 10.9. The molecule has 1 aromatic heterocycles. The number of nitrogens with zero attached hydrogens (tertiary/aromatic N) is 3. The number of β-amino-alcohol motifs (C(OH)–C–C–N with tert-alkyl or cyclic N) is 1. The molecule has 0 radical (unpaired) electrons. The Morgan fingerprint density at radius 2 is 2.17 bits per heavy atom. The average Bonchev–Trinajstić information content (AvgIpc) is 2.97. The van der Waals surface area contributed by atoms with Gasteiger partial charge in [-0.1, -0.05) is 47.6 Å². The predicted octanol–water partition coefficient (Wildman–Crippen LogP) is 2.85. The van der Waals surface area contributed by atoms with E-state index < -0.39 is 5.60 Å². The number of aryl methyl sites for hydroxylation is 1. The molecule has 2 heterocycles. The molecule has 0 saturated carbocycles. The lowest BCUT2D eigenvalue weighted by Crippen LogP contribution is -2.49. The molecule has 1 atom stereocenters. The zero-order valence-electron chi connectivity index (χ0n) is 14.2. The Morgan fingerprint density at radius 1 is 1.33 bits per heavy atom. The lowest BCUT2D eigenvalue weighted by Gasteiger charge is -2.38. The smallest absolute Gasteiger partial charge is 0.229 e. The summed E-state index contributed by atoms with van der Waals surface area (Å²) in [5.41, 5.74) is 0.458. The van der Waals surface area contributed by atoms with E-state index in [-0.39, 0.29) is 0 Å². The number of hydrogen-bond acceptors (Lipinski definition) is 5. The Kier molecular flexibility index (Phi) is 5.43. The van der Waals surface area contributed by atoms with E-state index in [1.807, 2.05) is 18.2 Å². The van der Waals surface area contributed by atoms with Gasteiger partial charge in [0.2, 0.25) is 5.89 Å². The fourth-order valence-electron chi connectivity index (χ4n) is 3.28. The van der Waals surface area contributed by atoms with Crippen molar-refractivity contribution in [2.45, 2.75) is 38.2 Å². The molecule has 1 aromatic carbocycles. The summed E-state index contributed by atoms with van der Waals surface area (Å²) < 4.78 is 5.16. The molecule has 1 aliphatic heterocycles. The molecule has 0 bridgehead atoms. The molecule has 5 heteroatoms. The molecule has 128 valence electrons. The summed E-state index contributed by atoms with van der Waals surface area (Å²) in [7, 11) is 0. The second kappa shape index (κ2) is 7.73. The predicted molar refractivity (Wildman–Crippen MR) is 93.5 cm³/mol. The topological polar surface area (TPSA) is 62.4 Å². The summed E-state index contributed by atoms with van der Waals surface area (Å²) in [5, 5.41) is 14.7. The lowest BCUT2D eigenvalue weighted by molar-refractivity contribution is -0.0343. The van der Waals surface area contributed by atoms with E-state index >= 15 is 0 Å². The first kappa shape index (κ1) is 16.9. The minimum absolute atomic E-state index is 0.435. The van der Waals surface area contributed by atoms with Gasteiger partial charge in [0, 0.05) is 13.1 Å². The van der Waals surface area contributed by atoms with Crippen LogP contribution in [0.4, 0.5) is 0 Å². The standard InChI is InChI=1S/C19H25N3O2/c1-16-20-18(24-21-16)14-19(23)11-7-13-22(15-19)12-6-5-10-17-8-3-2-4-9-17/h2-5,8-10,23H,6-7,11-15H2,1H3/b10-5+. The SMILES string of the molecule is Cc1noc(CC2(O)CCCN(CC/C=C/c3ccccc3)C2)n1. The Morgan fingerprint density at radius 3 is 2.92 bits per heavy atom. The van der Waals surface area contributed by atoms with E-state index in [1.165, 1.54) is 5.56 Å². The monoisotopic (exact) mass is 327 g/mol. The van der Waals surface area contributed by atoms with Crippen molar-refractivity contribution in [3.8, 4) is 0 Å². The number of likely N-dealkylation sites (tertiary alicyclic amines) is 1. The van der Waals surface area contributed by atoms with Crippen molar-refractivity contribution >= 4 is 6.08 Å². The van der Waals surface area contributed by atoms with Crippen molar-refractivity contribution in [1.82, 2.24) is 15.0 Å². The fourth-order valence-corrected chi connectivity index (χ4v) is 3.28. The van der Waals surface area contributed by atoms with Gasteiger partial charge in [0.05, 0.1) is 12.0 Å². The molecule has 1 fully saturated rings. The number of benzene rings is 1. The minimum Gasteiger partial charge on any atom is -0.388 e. The fraction of sp³-hybridized carbons (Fsp3) is 0.474. The van der Waals surface area contributed by atoms with Crippen LogP contribution in [0.3, 0.4) is 0 Å². The second-order valence-corrected chi connectivity index (χ2v) is 6.62. The Balaban J connectivity index is 1.49. The van der Waals surface area contributed by atoms with E-state index in [0.29, 0.717) is 24.7 Å². The first-order valence-corrected chi connectivity index (χ1v) is 8.58. The van der Waals surface area contributed by atoms with Crippen LogP contribution in [0.5, 0.6) is 0 Å². The maximum Gasteiger partial charge on any atom is 0.229 e. The van der Waals surface area contributed by atoms with Crippen LogP contribution in [0, 0.1) is 6.92 Å². The van der Waals surface area contributed by atoms with Crippen molar-refractivity contribution in [3.63, 3.8) is 0 Å². The van der Waals surface area contributed by atoms with Crippen LogP contribution in [0.1, 0.15) is 36.5 Å². The first-order valence-electron chi connectivity index (χ1n) is 8.58. The summed E-state index contributed by atoms with van der Waals surface area (Å²) in [6.45, 7) is 4.44. The maximum atomic E-state index is 10.9. The minimum atomic E-state index is -0.764. The third kappa shape index (κ3) is 4.76. The number of aliphatic hydroxyl groups is 1. The van der Waals surface area contributed by atoms with Gasteiger partial charge in [-0.25, -0.2) is 0 Å². The third-order valence-electron chi connectivity index (χ3n) is 4.41.